The van der Waals surface area contributed by atoms with E-state index in [1.165, 1.54) is 17.7 Å². The van der Waals surface area contributed by atoms with Crippen LogP contribution in [0, 0.1) is 12.8 Å². The van der Waals surface area contributed by atoms with Gasteiger partial charge in [0.05, 0.1) is 25.1 Å². The van der Waals surface area contributed by atoms with E-state index in [-0.39, 0.29) is 0 Å². The summed E-state index contributed by atoms with van der Waals surface area (Å²) in [7, 11) is 4.28. The van der Waals surface area contributed by atoms with Crippen LogP contribution in [0.15, 0.2) is 30.6 Å². The van der Waals surface area contributed by atoms with E-state index in [0.717, 1.165) is 38.5 Å². The first-order valence-corrected chi connectivity index (χ1v) is 13.2. The second-order valence-corrected chi connectivity index (χ2v) is 10.4. The van der Waals surface area contributed by atoms with Crippen LogP contribution in [0.2, 0.25) is 0 Å². The Morgan fingerprint density at radius 1 is 0.915 bits per heavy atom. The van der Waals surface area contributed by atoms with Crippen LogP contribution in [0.5, 0.6) is 0 Å². The number of likely N-dealkylation sites (tertiary alicyclic amines) is 2. The number of rotatable bonds is 6. The number of aryl methyl sites for hydroxylation is 1. The van der Waals surface area contributed by atoms with Crippen LogP contribution in [0.3, 0.4) is 0 Å². The molecule has 2 saturated heterocycles. The van der Waals surface area contributed by atoms with Gasteiger partial charge in [-0.1, -0.05) is 6.07 Å². The number of nitrogens with zero attached hydrogens (tertiary/aromatic N) is 5. The Balaban J connectivity index is 0.000000430. The Morgan fingerprint density at radius 3 is 1.79 bits per heavy atom. The molecule has 4 rings (SSSR count). The Kier molecular flexibility index (Phi) is 14.6. The van der Waals surface area contributed by atoms with Crippen molar-refractivity contribution in [2.24, 2.45) is 13.0 Å². The number of hydrogen-bond acceptors (Lipinski definition) is 8. The molecule has 21 heteroatoms. The Hall–Kier alpha value is -3.98. The minimum atomic E-state index is -5.08. The first-order chi connectivity index (χ1) is 21.4. The van der Waals surface area contributed by atoms with Crippen LogP contribution in [0.1, 0.15) is 23.4 Å². The smallest absolute Gasteiger partial charge is 0.475 e. The molecule has 0 radical (unpaired) electrons. The number of aromatic nitrogens is 3. The van der Waals surface area contributed by atoms with Crippen molar-refractivity contribution in [1.29, 1.82) is 0 Å². The summed E-state index contributed by atoms with van der Waals surface area (Å²) in [5, 5.41) is 25.7. The molecule has 1 atom stereocenters. The SMILES string of the molecule is Cc1c(CN2CC3(CC(COCc4ccccn4)CN3C)C2)cnn1C.O=C(O)C(F)(F)F.O=C(O)C(F)(F)F.O=C(O)C(F)(F)F. The topological polar surface area (TPSA) is 158 Å². The van der Waals surface area contributed by atoms with E-state index < -0.39 is 36.4 Å². The standard InChI is InChI=1S/C20H29N5O.3C2HF3O2/c1-16-18(9-22-24(16)3)11-25-14-20(15-25)8-17(10-23(20)2)12-26-13-19-6-4-5-7-21-19;3*3-2(4,5)1(6)7/h4-7,9,17H,8,10-15H2,1-3H3;3*(H,6,7). The fraction of sp³-hybridized carbons (Fsp3) is 0.577. The second kappa shape index (κ2) is 16.7. The van der Waals surface area contributed by atoms with E-state index >= 15 is 0 Å². The lowest BCUT2D eigenvalue weighted by Crippen LogP contribution is -2.66. The molecule has 1 unspecified atom stereocenters. The highest BCUT2D eigenvalue weighted by atomic mass is 19.4. The molecule has 0 aliphatic carbocycles. The van der Waals surface area contributed by atoms with Crippen molar-refractivity contribution in [3.8, 4) is 0 Å². The van der Waals surface area contributed by atoms with Crippen molar-refractivity contribution in [1.82, 2.24) is 24.6 Å². The quantitative estimate of drug-likeness (QED) is 0.378. The first-order valence-electron chi connectivity index (χ1n) is 13.2. The lowest BCUT2D eigenvalue weighted by atomic mass is 9.84. The maximum Gasteiger partial charge on any atom is 0.490 e. The third-order valence-electron chi connectivity index (χ3n) is 6.83. The molecule has 3 N–H and O–H groups in total. The summed E-state index contributed by atoms with van der Waals surface area (Å²) in [5.74, 6) is -7.65. The number of hydrogen-bond donors (Lipinski definition) is 3. The zero-order valence-electron chi connectivity index (χ0n) is 25.0. The summed E-state index contributed by atoms with van der Waals surface area (Å²) in [4.78, 5) is 36.1. The van der Waals surface area contributed by atoms with Crippen molar-refractivity contribution < 1.29 is 74.0 Å². The van der Waals surface area contributed by atoms with Crippen LogP contribution in [-0.2, 0) is 39.3 Å². The molecule has 12 nitrogen and oxygen atoms in total. The highest BCUT2D eigenvalue weighted by Gasteiger charge is 2.51. The van der Waals surface area contributed by atoms with Gasteiger partial charge in [-0.25, -0.2) is 14.4 Å². The maximum absolute atomic E-state index is 10.6. The second-order valence-electron chi connectivity index (χ2n) is 10.4. The predicted octanol–water partition coefficient (Wildman–Crippen LogP) is 3.75. The van der Waals surface area contributed by atoms with E-state index in [1.54, 1.807) is 0 Å². The number of alkyl halides is 9. The van der Waals surface area contributed by atoms with Crippen molar-refractivity contribution in [3.05, 3.63) is 47.5 Å². The number of ether oxygens (including phenoxy) is 1. The normalized spacial score (nSPS) is 17.7. The molecule has 266 valence electrons. The average Bonchev–Trinajstić information content (AvgIpc) is 3.42. The number of likely N-dealkylation sites (N-methyl/N-ethyl adjacent to an activating group) is 1. The van der Waals surface area contributed by atoms with Gasteiger partial charge >= 0.3 is 36.4 Å². The van der Waals surface area contributed by atoms with Gasteiger partial charge in [0.1, 0.15) is 0 Å². The van der Waals surface area contributed by atoms with E-state index in [0.29, 0.717) is 18.1 Å². The van der Waals surface area contributed by atoms with Crippen molar-refractivity contribution in [2.75, 3.05) is 33.3 Å². The van der Waals surface area contributed by atoms with Crippen molar-refractivity contribution >= 4 is 17.9 Å². The lowest BCUT2D eigenvalue weighted by molar-refractivity contribution is -0.193. The zero-order chi connectivity index (χ0) is 36.4. The van der Waals surface area contributed by atoms with Gasteiger partial charge in [-0.2, -0.15) is 44.6 Å². The number of carbonyl (C=O) groups is 3. The fourth-order valence-electron chi connectivity index (χ4n) is 4.47. The Bertz CT molecular complexity index is 1260. The fourth-order valence-corrected chi connectivity index (χ4v) is 4.47. The van der Waals surface area contributed by atoms with Crippen LogP contribution < -0.4 is 0 Å². The van der Waals surface area contributed by atoms with Gasteiger partial charge in [0, 0.05) is 56.2 Å². The molecule has 2 aromatic rings. The summed E-state index contributed by atoms with van der Waals surface area (Å²) in [6.45, 7) is 8.01. The van der Waals surface area contributed by atoms with Gasteiger partial charge in [0.2, 0.25) is 0 Å². The van der Waals surface area contributed by atoms with Crippen LogP contribution >= 0.6 is 0 Å². The highest BCUT2D eigenvalue weighted by Crippen LogP contribution is 2.40. The minimum Gasteiger partial charge on any atom is -0.475 e. The number of carboxylic acids is 3. The third-order valence-corrected chi connectivity index (χ3v) is 6.83. The molecule has 2 aliphatic rings. The summed E-state index contributed by atoms with van der Waals surface area (Å²) < 4.78 is 103. The molecule has 2 aromatic heterocycles. The van der Waals surface area contributed by atoms with E-state index in [9.17, 15) is 39.5 Å². The minimum absolute atomic E-state index is 0.342. The van der Waals surface area contributed by atoms with Gasteiger partial charge < -0.3 is 20.1 Å². The van der Waals surface area contributed by atoms with E-state index in [1.807, 2.05) is 42.3 Å². The number of aliphatic carboxylic acids is 3. The number of halogens is 9. The maximum atomic E-state index is 10.6. The average molecular weight is 698 g/mol. The van der Waals surface area contributed by atoms with Crippen molar-refractivity contribution in [3.63, 3.8) is 0 Å². The molecular formula is C26H32F9N5O7. The van der Waals surface area contributed by atoms with Crippen molar-refractivity contribution in [2.45, 2.75) is 50.6 Å². The molecule has 47 heavy (non-hydrogen) atoms. The van der Waals surface area contributed by atoms with Crippen LogP contribution in [0.4, 0.5) is 39.5 Å². The lowest BCUT2D eigenvalue weighted by Gasteiger charge is -2.52. The molecule has 1 spiro atoms. The summed E-state index contributed by atoms with van der Waals surface area (Å²) in [6, 6.07) is 5.97. The summed E-state index contributed by atoms with van der Waals surface area (Å²) >= 11 is 0. The predicted molar refractivity (Wildman–Crippen MR) is 142 cm³/mol. The Labute approximate surface area is 261 Å². The largest absolute Gasteiger partial charge is 0.490 e. The summed E-state index contributed by atoms with van der Waals surface area (Å²) in [6.07, 6.45) is -10.2. The first kappa shape index (κ1) is 41.0. The van der Waals surface area contributed by atoms with Gasteiger partial charge in [0.25, 0.3) is 0 Å². The monoisotopic (exact) mass is 697 g/mol. The van der Waals surface area contributed by atoms with E-state index in [4.69, 9.17) is 34.4 Å². The number of pyridine rings is 1. The molecule has 2 aliphatic heterocycles. The highest BCUT2D eigenvalue weighted by molar-refractivity contribution is 5.73. The third kappa shape index (κ3) is 13.7. The molecule has 0 amide bonds. The van der Waals surface area contributed by atoms with Crippen LogP contribution in [-0.4, -0.2) is 115 Å². The molecule has 2 fully saturated rings. The molecule has 0 aromatic carbocycles. The van der Waals surface area contributed by atoms with Gasteiger partial charge in [-0.05, 0) is 38.4 Å². The molecule has 0 bridgehead atoms. The Morgan fingerprint density at radius 2 is 1.40 bits per heavy atom. The molecule has 4 heterocycles. The summed E-state index contributed by atoms with van der Waals surface area (Å²) in [5.41, 5.74) is 3.97. The van der Waals surface area contributed by atoms with Crippen LogP contribution in [0.25, 0.3) is 0 Å². The number of carboxylic acid groups (broad SMARTS) is 3. The van der Waals surface area contributed by atoms with E-state index in [2.05, 4.69) is 33.9 Å². The van der Waals surface area contributed by atoms with Gasteiger partial charge in [-0.15, -0.1) is 0 Å². The molecule has 0 saturated carbocycles. The molecular weight excluding hydrogens is 665 g/mol. The zero-order valence-corrected chi connectivity index (χ0v) is 25.0. The van der Waals surface area contributed by atoms with Gasteiger partial charge in [-0.3, -0.25) is 19.5 Å². The van der Waals surface area contributed by atoms with Gasteiger partial charge in [0.15, 0.2) is 0 Å².